The van der Waals surface area contributed by atoms with E-state index in [4.69, 9.17) is 0 Å². The first-order chi connectivity index (χ1) is 11.5. The van der Waals surface area contributed by atoms with Crippen molar-refractivity contribution in [3.63, 3.8) is 0 Å². The molecule has 0 spiro atoms. The van der Waals surface area contributed by atoms with Gasteiger partial charge in [-0.15, -0.1) is 0 Å². The van der Waals surface area contributed by atoms with Crippen molar-refractivity contribution >= 4 is 17.5 Å². The fourth-order valence-electron chi connectivity index (χ4n) is 2.49. The molecule has 130 valence electrons. The normalized spacial score (nSPS) is 12.2. The molecule has 0 saturated carbocycles. The van der Waals surface area contributed by atoms with Crippen LogP contribution in [0.3, 0.4) is 0 Å². The predicted molar refractivity (Wildman–Crippen MR) is 95.2 cm³/mol. The van der Waals surface area contributed by atoms with Crippen LogP contribution in [0.2, 0.25) is 0 Å². The second-order valence-corrected chi connectivity index (χ2v) is 5.46. The van der Waals surface area contributed by atoms with Gasteiger partial charge in [0, 0.05) is 0 Å². The minimum Gasteiger partial charge on any atom is -0.468 e. The lowest BCUT2D eigenvalue weighted by Gasteiger charge is -2.11. The zero-order chi connectivity index (χ0) is 17.9. The number of methoxy groups -OCH3 is 2. The van der Waals surface area contributed by atoms with Gasteiger partial charge in [-0.25, -0.2) is 0 Å². The molecule has 0 amide bonds. The molecule has 0 unspecified atom stereocenters. The van der Waals surface area contributed by atoms with Crippen LogP contribution in [0, 0.1) is 5.92 Å². The first-order valence-electron chi connectivity index (χ1n) is 8.09. The summed E-state index contributed by atoms with van der Waals surface area (Å²) in [6.07, 6.45) is 5.84. The van der Waals surface area contributed by atoms with E-state index in [2.05, 4.69) is 35.5 Å². The Morgan fingerprint density at radius 3 is 2.12 bits per heavy atom. The summed E-state index contributed by atoms with van der Waals surface area (Å²) >= 11 is 0. The third-order valence-corrected chi connectivity index (χ3v) is 4.04. The van der Waals surface area contributed by atoms with E-state index in [0.29, 0.717) is 0 Å². The molecule has 0 bridgehead atoms. The first-order valence-corrected chi connectivity index (χ1v) is 8.09. The number of carbonyl (C=O) groups is 2. The Balaban J connectivity index is 2.76. The Hall–Kier alpha value is -2.36. The zero-order valence-corrected chi connectivity index (χ0v) is 14.9. The van der Waals surface area contributed by atoms with Crippen molar-refractivity contribution in [2.24, 2.45) is 5.92 Å². The minimum atomic E-state index is -0.902. The minimum absolute atomic E-state index is 0.278. The molecule has 0 aromatic heterocycles. The maximum atomic E-state index is 11.6. The van der Waals surface area contributed by atoms with Crippen molar-refractivity contribution in [3.05, 3.63) is 53.6 Å². The molecule has 0 heterocycles. The predicted octanol–water partition coefficient (Wildman–Crippen LogP) is 4.17. The van der Waals surface area contributed by atoms with E-state index in [9.17, 15) is 9.59 Å². The second kappa shape index (κ2) is 10.4. The van der Waals surface area contributed by atoms with Gasteiger partial charge in [0.2, 0.25) is 0 Å². The molecule has 0 fully saturated rings. The lowest BCUT2D eigenvalue weighted by molar-refractivity contribution is -0.158. The number of ether oxygens (including phenoxy) is 2. The molecule has 4 heteroatoms. The van der Waals surface area contributed by atoms with Gasteiger partial charge in [-0.1, -0.05) is 55.0 Å². The van der Waals surface area contributed by atoms with Crippen LogP contribution in [-0.2, 0) is 19.1 Å². The molecular weight excluding hydrogens is 304 g/mol. The van der Waals surface area contributed by atoms with E-state index in [0.717, 1.165) is 12.8 Å². The molecular formula is C20H26O4. The molecule has 0 saturated heterocycles. The summed E-state index contributed by atoms with van der Waals surface area (Å²) in [7, 11) is 2.53. The Labute approximate surface area is 144 Å². The summed E-state index contributed by atoms with van der Waals surface area (Å²) in [5.74, 6) is -2.04. The Morgan fingerprint density at radius 1 is 1.04 bits per heavy atom. The highest BCUT2D eigenvalue weighted by Gasteiger charge is 2.26. The summed E-state index contributed by atoms with van der Waals surface area (Å²) in [5.41, 5.74) is 3.80. The van der Waals surface area contributed by atoms with E-state index < -0.39 is 17.9 Å². The van der Waals surface area contributed by atoms with Crippen LogP contribution in [0.4, 0.5) is 0 Å². The van der Waals surface area contributed by atoms with Crippen LogP contribution in [0.1, 0.15) is 38.7 Å². The molecule has 24 heavy (non-hydrogen) atoms. The van der Waals surface area contributed by atoms with Crippen LogP contribution < -0.4 is 0 Å². The van der Waals surface area contributed by atoms with Crippen molar-refractivity contribution in [2.45, 2.75) is 33.1 Å². The molecule has 1 rings (SSSR count). The summed E-state index contributed by atoms with van der Waals surface area (Å²) in [5, 5.41) is 0. The van der Waals surface area contributed by atoms with Crippen molar-refractivity contribution in [3.8, 4) is 0 Å². The fourth-order valence-corrected chi connectivity index (χ4v) is 2.49. The van der Waals surface area contributed by atoms with Crippen molar-refractivity contribution in [2.75, 3.05) is 14.2 Å². The van der Waals surface area contributed by atoms with Crippen LogP contribution in [-0.4, -0.2) is 26.2 Å². The zero-order valence-electron chi connectivity index (χ0n) is 14.9. The number of carbonyl (C=O) groups excluding carboxylic acids is 2. The van der Waals surface area contributed by atoms with Gasteiger partial charge in [0.05, 0.1) is 14.2 Å². The number of hydrogen-bond acceptors (Lipinski definition) is 4. The number of benzene rings is 1. The highest BCUT2D eigenvalue weighted by atomic mass is 16.5. The Morgan fingerprint density at radius 2 is 1.62 bits per heavy atom. The number of allylic oxidation sites excluding steroid dienone is 4. The summed E-state index contributed by atoms with van der Waals surface area (Å²) < 4.78 is 9.30. The summed E-state index contributed by atoms with van der Waals surface area (Å²) in [4.78, 5) is 23.2. The van der Waals surface area contributed by atoms with Crippen LogP contribution in [0.5, 0.6) is 0 Å². The van der Waals surface area contributed by atoms with Crippen LogP contribution in [0.25, 0.3) is 5.57 Å². The number of hydrogen-bond donors (Lipinski definition) is 0. The molecule has 0 N–H and O–H groups in total. The molecule has 1 aromatic rings. The average molecular weight is 330 g/mol. The smallest absolute Gasteiger partial charge is 0.320 e. The van der Waals surface area contributed by atoms with Crippen molar-refractivity contribution < 1.29 is 19.1 Å². The second-order valence-electron chi connectivity index (χ2n) is 5.46. The van der Waals surface area contributed by atoms with Gasteiger partial charge in [-0.2, -0.15) is 0 Å². The highest BCUT2D eigenvalue weighted by Crippen LogP contribution is 2.23. The number of rotatable bonds is 8. The molecule has 1 aromatic carbocycles. The fraction of sp³-hybridized carbons (Fsp3) is 0.400. The van der Waals surface area contributed by atoms with Crippen molar-refractivity contribution in [1.29, 1.82) is 0 Å². The van der Waals surface area contributed by atoms with Gasteiger partial charge in [0.1, 0.15) is 0 Å². The van der Waals surface area contributed by atoms with Gasteiger partial charge in [0.25, 0.3) is 0 Å². The maximum Gasteiger partial charge on any atom is 0.320 e. The van der Waals surface area contributed by atoms with Gasteiger partial charge in [-0.3, -0.25) is 9.59 Å². The average Bonchev–Trinajstić information content (AvgIpc) is 2.63. The van der Waals surface area contributed by atoms with Crippen LogP contribution in [0.15, 0.2) is 48.1 Å². The molecule has 4 nitrogen and oxygen atoms in total. The van der Waals surface area contributed by atoms with Gasteiger partial charge in [-0.05, 0) is 37.3 Å². The van der Waals surface area contributed by atoms with E-state index in [1.54, 1.807) is 0 Å². The summed E-state index contributed by atoms with van der Waals surface area (Å²) in [6, 6.07) is 10.2. The van der Waals surface area contributed by atoms with Crippen molar-refractivity contribution in [1.82, 2.24) is 0 Å². The number of esters is 2. The molecule has 0 aliphatic heterocycles. The summed E-state index contributed by atoms with van der Waals surface area (Å²) in [6.45, 7) is 4.25. The third-order valence-electron chi connectivity index (χ3n) is 4.04. The Bertz CT molecular complexity index is 583. The molecule has 0 aliphatic carbocycles. The van der Waals surface area contributed by atoms with E-state index >= 15 is 0 Å². The van der Waals surface area contributed by atoms with E-state index in [1.165, 1.54) is 30.9 Å². The maximum absolute atomic E-state index is 11.6. The lowest BCUT2D eigenvalue weighted by Crippen LogP contribution is -2.25. The Kier molecular flexibility index (Phi) is 8.55. The van der Waals surface area contributed by atoms with Gasteiger partial charge >= 0.3 is 11.9 Å². The first kappa shape index (κ1) is 19.7. The van der Waals surface area contributed by atoms with E-state index in [-0.39, 0.29) is 6.42 Å². The highest BCUT2D eigenvalue weighted by molar-refractivity contribution is 5.94. The molecule has 0 atom stereocenters. The van der Waals surface area contributed by atoms with E-state index in [1.807, 2.05) is 30.4 Å². The van der Waals surface area contributed by atoms with Gasteiger partial charge < -0.3 is 9.47 Å². The molecule has 0 radical (unpaired) electrons. The third kappa shape index (κ3) is 5.69. The SMILES string of the molecule is CC/C(C/C=C/CC(C(=O)OC)C(=O)OC)=C(/C)c1ccccc1. The largest absolute Gasteiger partial charge is 0.468 e. The standard InChI is InChI=1S/C20H26O4/c1-5-16(15(2)17-12-7-6-8-13-17)11-9-10-14-18(19(21)23-3)20(22)24-4/h6-10,12-13,18H,5,11,14H2,1-4H3/b10-9+,16-15+. The monoisotopic (exact) mass is 330 g/mol. The van der Waals surface area contributed by atoms with Crippen LogP contribution >= 0.6 is 0 Å². The quantitative estimate of drug-likeness (QED) is 0.408. The topological polar surface area (TPSA) is 52.6 Å². The lowest BCUT2D eigenvalue weighted by atomic mass is 9.97. The molecule has 0 aliphatic rings. The van der Waals surface area contributed by atoms with Gasteiger partial charge in [0.15, 0.2) is 5.92 Å².